The summed E-state index contributed by atoms with van der Waals surface area (Å²) in [6.07, 6.45) is 2.94. The summed E-state index contributed by atoms with van der Waals surface area (Å²) >= 11 is 0. The summed E-state index contributed by atoms with van der Waals surface area (Å²) < 4.78 is 22.9. The minimum atomic E-state index is 0.672. The van der Waals surface area contributed by atoms with E-state index < -0.39 is 0 Å². The van der Waals surface area contributed by atoms with Crippen LogP contribution in [0.15, 0.2) is 72.8 Å². The van der Waals surface area contributed by atoms with Crippen LogP contribution in [0.4, 0.5) is 0 Å². The Balaban J connectivity index is 1.12. The summed E-state index contributed by atoms with van der Waals surface area (Å²) in [6, 6.07) is 24.5. The lowest BCUT2D eigenvalue weighted by molar-refractivity contribution is 0.111. The summed E-state index contributed by atoms with van der Waals surface area (Å²) in [5.74, 6) is 3.51. The predicted octanol–water partition coefficient (Wildman–Crippen LogP) is 4.95. The molecular formula is C31H40N2O4. The van der Waals surface area contributed by atoms with Crippen molar-refractivity contribution >= 4 is 0 Å². The third-order valence-electron chi connectivity index (χ3n) is 6.87. The van der Waals surface area contributed by atoms with Gasteiger partial charge in [0.2, 0.25) is 0 Å². The van der Waals surface area contributed by atoms with Crippen LogP contribution in [0.1, 0.15) is 17.5 Å². The Morgan fingerprint density at radius 2 is 1.30 bits per heavy atom. The van der Waals surface area contributed by atoms with Gasteiger partial charge in [-0.05, 0) is 60.7 Å². The molecule has 6 nitrogen and oxygen atoms in total. The van der Waals surface area contributed by atoms with Crippen LogP contribution in [-0.2, 0) is 12.8 Å². The van der Waals surface area contributed by atoms with E-state index in [1.54, 1.807) is 14.2 Å². The van der Waals surface area contributed by atoms with Gasteiger partial charge < -0.3 is 23.8 Å². The van der Waals surface area contributed by atoms with Crippen molar-refractivity contribution in [2.75, 3.05) is 66.7 Å². The number of nitrogens with zero attached hydrogens (tertiary/aromatic N) is 2. The maximum atomic E-state index is 6.21. The molecule has 0 bridgehead atoms. The van der Waals surface area contributed by atoms with E-state index in [0.717, 1.165) is 88.1 Å². The van der Waals surface area contributed by atoms with E-state index in [-0.39, 0.29) is 0 Å². The van der Waals surface area contributed by atoms with E-state index in [9.17, 15) is 0 Å². The fourth-order valence-electron chi connectivity index (χ4n) is 4.69. The second kappa shape index (κ2) is 14.5. The number of methoxy groups -OCH3 is 2. The molecule has 1 fully saturated rings. The van der Waals surface area contributed by atoms with Crippen molar-refractivity contribution in [1.82, 2.24) is 9.80 Å². The van der Waals surface area contributed by atoms with Crippen LogP contribution in [0.3, 0.4) is 0 Å². The third kappa shape index (κ3) is 8.41. The summed E-state index contributed by atoms with van der Waals surface area (Å²) in [5.41, 5.74) is 2.54. The number of hydrogen-bond donors (Lipinski definition) is 0. The highest BCUT2D eigenvalue weighted by Gasteiger charge is 2.16. The molecule has 0 radical (unpaired) electrons. The third-order valence-corrected chi connectivity index (χ3v) is 6.87. The van der Waals surface area contributed by atoms with Gasteiger partial charge in [-0.1, -0.05) is 42.5 Å². The van der Waals surface area contributed by atoms with Gasteiger partial charge in [0.05, 0.1) is 20.8 Å². The SMILES string of the molecule is COc1cccc(CCc2ccccc2OCCCN2CCN(CCOc3ccccc3OC)CC2)c1. The number of rotatable bonds is 14. The second-order valence-electron chi connectivity index (χ2n) is 9.34. The molecule has 0 saturated carbocycles. The number of aryl methyl sites for hydroxylation is 2. The standard InChI is InChI=1S/C31H40N2O4/c1-34-28-11-7-9-26(25-28)15-16-27-10-3-4-12-29(27)36-23-8-17-32-18-20-33(21-19-32)22-24-37-31-14-6-5-13-30(31)35-2/h3-7,9-14,25H,8,15-24H2,1-2H3. The van der Waals surface area contributed by atoms with Gasteiger partial charge in [-0.3, -0.25) is 4.90 Å². The molecule has 0 aliphatic carbocycles. The minimum absolute atomic E-state index is 0.672. The molecular weight excluding hydrogens is 464 g/mol. The molecule has 0 unspecified atom stereocenters. The largest absolute Gasteiger partial charge is 0.497 e. The van der Waals surface area contributed by atoms with E-state index >= 15 is 0 Å². The first-order valence-electron chi connectivity index (χ1n) is 13.3. The van der Waals surface area contributed by atoms with Crippen molar-refractivity contribution in [2.45, 2.75) is 19.3 Å². The molecule has 1 saturated heterocycles. The summed E-state index contributed by atoms with van der Waals surface area (Å²) in [4.78, 5) is 5.01. The monoisotopic (exact) mass is 504 g/mol. The van der Waals surface area contributed by atoms with Gasteiger partial charge in [-0.25, -0.2) is 0 Å². The first-order chi connectivity index (χ1) is 18.2. The molecule has 198 valence electrons. The summed E-state index contributed by atoms with van der Waals surface area (Å²) in [6.45, 7) is 7.73. The lowest BCUT2D eigenvalue weighted by Crippen LogP contribution is -2.47. The smallest absolute Gasteiger partial charge is 0.161 e. The average molecular weight is 505 g/mol. The molecule has 0 atom stereocenters. The Bertz CT molecular complexity index is 1080. The molecule has 0 aromatic heterocycles. The van der Waals surface area contributed by atoms with Crippen LogP contribution in [0.2, 0.25) is 0 Å². The van der Waals surface area contributed by atoms with Crippen molar-refractivity contribution in [3.05, 3.63) is 83.9 Å². The Morgan fingerprint density at radius 3 is 2.05 bits per heavy atom. The predicted molar refractivity (Wildman–Crippen MR) is 148 cm³/mol. The van der Waals surface area contributed by atoms with Crippen LogP contribution >= 0.6 is 0 Å². The Hall–Kier alpha value is -3.22. The van der Waals surface area contributed by atoms with Crippen LogP contribution in [0.25, 0.3) is 0 Å². The molecule has 37 heavy (non-hydrogen) atoms. The number of ether oxygens (including phenoxy) is 4. The molecule has 3 aromatic rings. The van der Waals surface area contributed by atoms with Gasteiger partial charge >= 0.3 is 0 Å². The van der Waals surface area contributed by atoms with E-state index in [1.807, 2.05) is 36.4 Å². The minimum Gasteiger partial charge on any atom is -0.497 e. The van der Waals surface area contributed by atoms with Crippen LogP contribution < -0.4 is 18.9 Å². The van der Waals surface area contributed by atoms with Crippen LogP contribution in [0, 0.1) is 0 Å². The van der Waals surface area contributed by atoms with Gasteiger partial charge in [0.1, 0.15) is 18.1 Å². The zero-order valence-corrected chi connectivity index (χ0v) is 22.2. The Kier molecular flexibility index (Phi) is 10.5. The highest BCUT2D eigenvalue weighted by molar-refractivity contribution is 5.39. The summed E-state index contributed by atoms with van der Waals surface area (Å²) in [7, 11) is 3.39. The van der Waals surface area contributed by atoms with Gasteiger partial charge in [0.15, 0.2) is 11.5 Å². The van der Waals surface area contributed by atoms with Crippen molar-refractivity contribution in [1.29, 1.82) is 0 Å². The van der Waals surface area contributed by atoms with Gasteiger partial charge in [-0.2, -0.15) is 0 Å². The van der Waals surface area contributed by atoms with Gasteiger partial charge in [-0.15, -0.1) is 0 Å². The normalized spacial score (nSPS) is 14.3. The van der Waals surface area contributed by atoms with Crippen LogP contribution in [-0.4, -0.2) is 76.5 Å². The highest BCUT2D eigenvalue weighted by atomic mass is 16.5. The molecule has 0 spiro atoms. The fourth-order valence-corrected chi connectivity index (χ4v) is 4.69. The first-order valence-corrected chi connectivity index (χ1v) is 13.3. The Labute approximate surface area is 221 Å². The van der Waals surface area contributed by atoms with Gasteiger partial charge in [0, 0.05) is 39.3 Å². The van der Waals surface area contributed by atoms with E-state index in [4.69, 9.17) is 18.9 Å². The van der Waals surface area contributed by atoms with Crippen LogP contribution in [0.5, 0.6) is 23.0 Å². The highest BCUT2D eigenvalue weighted by Crippen LogP contribution is 2.25. The van der Waals surface area contributed by atoms with Crippen molar-refractivity contribution in [3.63, 3.8) is 0 Å². The quantitative estimate of drug-likeness (QED) is 0.289. The molecule has 0 amide bonds. The zero-order chi connectivity index (χ0) is 25.7. The average Bonchev–Trinajstić information content (AvgIpc) is 2.96. The number of hydrogen-bond acceptors (Lipinski definition) is 6. The maximum Gasteiger partial charge on any atom is 0.161 e. The number of piperazine rings is 1. The molecule has 1 heterocycles. The van der Waals surface area contributed by atoms with E-state index in [1.165, 1.54) is 11.1 Å². The van der Waals surface area contributed by atoms with Gasteiger partial charge in [0.25, 0.3) is 0 Å². The molecule has 6 heteroatoms. The molecule has 3 aromatic carbocycles. The fraction of sp³-hybridized carbons (Fsp3) is 0.419. The van der Waals surface area contributed by atoms with Crippen molar-refractivity contribution in [2.24, 2.45) is 0 Å². The topological polar surface area (TPSA) is 43.4 Å². The molecule has 4 rings (SSSR count). The molecule has 0 N–H and O–H groups in total. The maximum absolute atomic E-state index is 6.21. The Morgan fingerprint density at radius 1 is 0.622 bits per heavy atom. The lowest BCUT2D eigenvalue weighted by Gasteiger charge is -2.34. The first kappa shape index (κ1) is 26.8. The number of para-hydroxylation sites is 3. The lowest BCUT2D eigenvalue weighted by atomic mass is 10.0. The number of benzene rings is 3. The van der Waals surface area contributed by atoms with Crippen molar-refractivity contribution < 1.29 is 18.9 Å². The molecule has 1 aliphatic heterocycles. The van der Waals surface area contributed by atoms with E-state index in [0.29, 0.717) is 6.61 Å². The zero-order valence-electron chi connectivity index (χ0n) is 22.2. The van der Waals surface area contributed by atoms with E-state index in [2.05, 4.69) is 46.2 Å². The van der Waals surface area contributed by atoms with Crippen molar-refractivity contribution in [3.8, 4) is 23.0 Å². The summed E-state index contributed by atoms with van der Waals surface area (Å²) in [5, 5.41) is 0. The second-order valence-corrected chi connectivity index (χ2v) is 9.34. The molecule has 1 aliphatic rings.